The van der Waals surface area contributed by atoms with Crippen LogP contribution in [0.4, 0.5) is 4.39 Å². The van der Waals surface area contributed by atoms with Gasteiger partial charge in [0.25, 0.3) is 0 Å². The molecule has 0 saturated carbocycles. The molecular formula is C19H27FN4. The van der Waals surface area contributed by atoms with Gasteiger partial charge in [-0.15, -0.1) is 0 Å². The van der Waals surface area contributed by atoms with Crippen molar-refractivity contribution < 1.29 is 4.39 Å². The van der Waals surface area contributed by atoms with Crippen molar-refractivity contribution >= 4 is 0 Å². The number of nitrogens with zero attached hydrogens (tertiary/aromatic N) is 4. The van der Waals surface area contributed by atoms with Crippen LogP contribution in [0, 0.1) is 11.7 Å². The summed E-state index contributed by atoms with van der Waals surface area (Å²) in [7, 11) is 4.36. The summed E-state index contributed by atoms with van der Waals surface area (Å²) in [5.41, 5.74) is 1.94. The first kappa shape index (κ1) is 17.1. The molecule has 0 spiro atoms. The minimum atomic E-state index is -0.236. The predicted molar refractivity (Wildman–Crippen MR) is 94.7 cm³/mol. The van der Waals surface area contributed by atoms with Crippen LogP contribution in [0.15, 0.2) is 36.7 Å². The minimum absolute atomic E-state index is 0.236. The summed E-state index contributed by atoms with van der Waals surface area (Å²) in [5, 5.41) is 4.39. The van der Waals surface area contributed by atoms with Gasteiger partial charge < -0.3 is 4.90 Å². The smallest absolute Gasteiger partial charge is 0.125 e. The molecule has 0 unspecified atom stereocenters. The number of likely N-dealkylation sites (N-methyl/N-ethyl adjacent to an activating group) is 1. The molecule has 3 rings (SSSR count). The maximum absolute atomic E-state index is 13.4. The summed E-state index contributed by atoms with van der Waals surface area (Å²) in [6, 6.07) is 7.17. The average Bonchev–Trinajstić information content (AvgIpc) is 3.15. The molecule has 0 amide bonds. The van der Waals surface area contributed by atoms with E-state index < -0.39 is 0 Å². The van der Waals surface area contributed by atoms with Crippen LogP contribution in [0.5, 0.6) is 0 Å². The van der Waals surface area contributed by atoms with Gasteiger partial charge >= 0.3 is 0 Å². The SMILES string of the molecule is CCC[C@@H]1CN(Cc2cnn(-c3cccc(F)c3)c2)C[C@H]1N(C)C. The van der Waals surface area contributed by atoms with Crippen LogP contribution in [0.2, 0.25) is 0 Å². The number of hydrogen-bond acceptors (Lipinski definition) is 3. The lowest BCUT2D eigenvalue weighted by atomic mass is 9.98. The Bertz CT molecular complexity index is 667. The van der Waals surface area contributed by atoms with Crippen LogP contribution in [-0.2, 0) is 6.54 Å². The third kappa shape index (κ3) is 3.84. The van der Waals surface area contributed by atoms with E-state index in [2.05, 4.69) is 35.9 Å². The monoisotopic (exact) mass is 330 g/mol. The Hall–Kier alpha value is -1.72. The maximum Gasteiger partial charge on any atom is 0.125 e. The van der Waals surface area contributed by atoms with E-state index in [1.165, 1.54) is 30.5 Å². The molecule has 2 atom stereocenters. The Morgan fingerprint density at radius 3 is 2.83 bits per heavy atom. The summed E-state index contributed by atoms with van der Waals surface area (Å²) in [5.74, 6) is 0.503. The molecule has 0 N–H and O–H groups in total. The molecule has 5 heteroatoms. The van der Waals surface area contributed by atoms with Crippen molar-refractivity contribution in [3.05, 3.63) is 48.0 Å². The first-order valence-electron chi connectivity index (χ1n) is 8.75. The lowest BCUT2D eigenvalue weighted by Crippen LogP contribution is -2.35. The Labute approximate surface area is 143 Å². The molecule has 1 fully saturated rings. The van der Waals surface area contributed by atoms with E-state index in [-0.39, 0.29) is 5.82 Å². The molecule has 1 aliphatic rings. The van der Waals surface area contributed by atoms with Gasteiger partial charge in [-0.3, -0.25) is 4.90 Å². The first-order valence-corrected chi connectivity index (χ1v) is 8.75. The average molecular weight is 330 g/mol. The van der Waals surface area contributed by atoms with Gasteiger partial charge in [0.05, 0.1) is 11.9 Å². The largest absolute Gasteiger partial charge is 0.305 e. The lowest BCUT2D eigenvalue weighted by Gasteiger charge is -2.24. The van der Waals surface area contributed by atoms with Gasteiger partial charge in [-0.2, -0.15) is 5.10 Å². The van der Waals surface area contributed by atoms with E-state index in [1.54, 1.807) is 10.7 Å². The molecule has 0 radical (unpaired) electrons. The second-order valence-corrected chi connectivity index (χ2v) is 7.05. The minimum Gasteiger partial charge on any atom is -0.305 e. The van der Waals surface area contributed by atoms with E-state index in [4.69, 9.17) is 0 Å². The molecule has 1 aliphatic heterocycles. The van der Waals surface area contributed by atoms with Crippen LogP contribution in [-0.4, -0.2) is 52.8 Å². The second kappa shape index (κ2) is 7.45. The normalized spacial score (nSPS) is 21.7. The molecule has 130 valence electrons. The van der Waals surface area contributed by atoms with E-state index in [1.807, 2.05) is 18.5 Å². The van der Waals surface area contributed by atoms with Gasteiger partial charge in [0.1, 0.15) is 5.82 Å². The van der Waals surface area contributed by atoms with E-state index in [9.17, 15) is 4.39 Å². The Kier molecular flexibility index (Phi) is 5.31. The van der Waals surface area contributed by atoms with Crippen molar-refractivity contribution in [3.63, 3.8) is 0 Å². The summed E-state index contributed by atoms with van der Waals surface area (Å²) in [6.45, 7) is 5.41. The van der Waals surface area contributed by atoms with Crippen LogP contribution in [0.25, 0.3) is 5.69 Å². The molecule has 24 heavy (non-hydrogen) atoms. The Morgan fingerprint density at radius 2 is 2.12 bits per heavy atom. The topological polar surface area (TPSA) is 24.3 Å². The summed E-state index contributed by atoms with van der Waals surface area (Å²) in [4.78, 5) is 4.87. The number of aromatic nitrogens is 2. The fourth-order valence-electron chi connectivity index (χ4n) is 3.77. The van der Waals surface area contributed by atoms with Crippen LogP contribution >= 0.6 is 0 Å². The van der Waals surface area contributed by atoms with Crippen molar-refractivity contribution in [3.8, 4) is 5.69 Å². The molecule has 1 saturated heterocycles. The highest BCUT2D eigenvalue weighted by atomic mass is 19.1. The molecule has 1 aromatic heterocycles. The van der Waals surface area contributed by atoms with E-state index in [0.717, 1.165) is 31.2 Å². The fraction of sp³-hybridized carbons (Fsp3) is 0.526. The van der Waals surface area contributed by atoms with Crippen molar-refractivity contribution in [2.75, 3.05) is 27.2 Å². The van der Waals surface area contributed by atoms with Crippen molar-refractivity contribution in [2.45, 2.75) is 32.4 Å². The zero-order chi connectivity index (χ0) is 17.1. The van der Waals surface area contributed by atoms with Crippen LogP contribution < -0.4 is 0 Å². The molecule has 0 aliphatic carbocycles. The molecule has 2 heterocycles. The third-order valence-electron chi connectivity index (χ3n) is 4.92. The van der Waals surface area contributed by atoms with Crippen LogP contribution in [0.1, 0.15) is 25.3 Å². The fourth-order valence-corrected chi connectivity index (χ4v) is 3.77. The van der Waals surface area contributed by atoms with Crippen molar-refractivity contribution in [1.82, 2.24) is 19.6 Å². The summed E-state index contributed by atoms with van der Waals surface area (Å²) in [6.07, 6.45) is 6.41. The van der Waals surface area contributed by atoms with Crippen molar-refractivity contribution in [2.24, 2.45) is 5.92 Å². The summed E-state index contributed by atoms with van der Waals surface area (Å²) >= 11 is 0. The zero-order valence-corrected chi connectivity index (χ0v) is 14.8. The number of rotatable bonds is 6. The Morgan fingerprint density at radius 1 is 1.29 bits per heavy atom. The quantitative estimate of drug-likeness (QED) is 0.813. The molecule has 1 aromatic carbocycles. The van der Waals surface area contributed by atoms with Gasteiger partial charge in [0, 0.05) is 37.4 Å². The lowest BCUT2D eigenvalue weighted by molar-refractivity contribution is 0.239. The standard InChI is InChI=1S/C19H27FN4/c1-4-6-16-13-23(14-19(16)22(2)3)11-15-10-21-24(12-15)18-8-5-7-17(20)9-18/h5,7-10,12,16,19H,4,6,11,13-14H2,1-3H3/t16-,19-/m1/s1. The first-order chi connectivity index (χ1) is 11.6. The number of hydrogen-bond donors (Lipinski definition) is 0. The maximum atomic E-state index is 13.4. The van der Waals surface area contributed by atoms with Gasteiger partial charge in [0.2, 0.25) is 0 Å². The zero-order valence-electron chi connectivity index (χ0n) is 14.8. The highest BCUT2D eigenvalue weighted by Gasteiger charge is 2.33. The number of halogens is 1. The van der Waals surface area contributed by atoms with Gasteiger partial charge in [-0.05, 0) is 44.6 Å². The van der Waals surface area contributed by atoms with Crippen LogP contribution in [0.3, 0.4) is 0 Å². The van der Waals surface area contributed by atoms with Gasteiger partial charge in [-0.25, -0.2) is 9.07 Å². The highest BCUT2D eigenvalue weighted by molar-refractivity contribution is 5.31. The Balaban J connectivity index is 1.67. The third-order valence-corrected chi connectivity index (χ3v) is 4.92. The molecule has 0 bridgehead atoms. The highest BCUT2D eigenvalue weighted by Crippen LogP contribution is 2.26. The molecular weight excluding hydrogens is 303 g/mol. The number of likely N-dealkylation sites (tertiary alicyclic amines) is 1. The van der Waals surface area contributed by atoms with Gasteiger partial charge in [0.15, 0.2) is 0 Å². The van der Waals surface area contributed by atoms with Gasteiger partial charge in [-0.1, -0.05) is 19.4 Å². The molecule has 4 nitrogen and oxygen atoms in total. The summed E-state index contributed by atoms with van der Waals surface area (Å²) < 4.78 is 15.1. The van der Waals surface area contributed by atoms with Crippen molar-refractivity contribution in [1.29, 1.82) is 0 Å². The second-order valence-electron chi connectivity index (χ2n) is 7.05. The molecule has 2 aromatic rings. The van der Waals surface area contributed by atoms with E-state index >= 15 is 0 Å². The van der Waals surface area contributed by atoms with E-state index in [0.29, 0.717) is 6.04 Å². The number of benzene rings is 1. The predicted octanol–water partition coefficient (Wildman–Crippen LogP) is 3.17.